The van der Waals surface area contributed by atoms with E-state index in [2.05, 4.69) is 13.8 Å². The SMILES string of the molecule is CCCN(CCC)C(=O)C[n+]1ccc(C(N)=O)cc1. The lowest BCUT2D eigenvalue weighted by Crippen LogP contribution is -2.45. The Bertz CT molecular complexity index is 423. The monoisotopic (exact) mass is 264 g/mol. The molecule has 0 aliphatic rings. The highest BCUT2D eigenvalue weighted by Gasteiger charge is 2.16. The first-order valence-corrected chi connectivity index (χ1v) is 6.65. The third kappa shape index (κ3) is 4.69. The van der Waals surface area contributed by atoms with Crippen LogP contribution in [0.5, 0.6) is 0 Å². The molecule has 0 atom stereocenters. The van der Waals surface area contributed by atoms with Crippen LogP contribution in [-0.2, 0) is 11.3 Å². The number of primary amides is 1. The van der Waals surface area contributed by atoms with Gasteiger partial charge in [0.15, 0.2) is 12.4 Å². The molecule has 1 rings (SSSR count). The summed E-state index contributed by atoms with van der Waals surface area (Å²) in [5.41, 5.74) is 5.62. The van der Waals surface area contributed by atoms with Gasteiger partial charge in [-0.15, -0.1) is 0 Å². The van der Waals surface area contributed by atoms with Crippen LogP contribution in [0, 0.1) is 0 Å². The van der Waals surface area contributed by atoms with E-state index < -0.39 is 5.91 Å². The van der Waals surface area contributed by atoms with Crippen LogP contribution in [0.2, 0.25) is 0 Å². The van der Waals surface area contributed by atoms with Crippen LogP contribution in [0.1, 0.15) is 37.0 Å². The maximum atomic E-state index is 12.1. The van der Waals surface area contributed by atoms with Gasteiger partial charge in [-0.2, -0.15) is 4.57 Å². The second-order valence-electron chi connectivity index (χ2n) is 4.50. The molecular weight excluding hydrogens is 242 g/mol. The lowest BCUT2D eigenvalue weighted by molar-refractivity contribution is -0.685. The minimum absolute atomic E-state index is 0.0977. The van der Waals surface area contributed by atoms with E-state index in [4.69, 9.17) is 5.73 Å². The van der Waals surface area contributed by atoms with Crippen molar-refractivity contribution in [3.8, 4) is 0 Å². The van der Waals surface area contributed by atoms with Crippen molar-refractivity contribution in [3.05, 3.63) is 30.1 Å². The smallest absolute Gasteiger partial charge is 0.288 e. The van der Waals surface area contributed by atoms with Crippen molar-refractivity contribution < 1.29 is 14.2 Å². The zero-order valence-electron chi connectivity index (χ0n) is 11.6. The Kier molecular flexibility index (Phi) is 5.99. The average Bonchev–Trinajstić information content (AvgIpc) is 2.39. The number of carbonyl (C=O) groups is 2. The highest BCUT2D eigenvalue weighted by atomic mass is 16.2. The van der Waals surface area contributed by atoms with Crippen molar-refractivity contribution in [2.45, 2.75) is 33.2 Å². The predicted octanol–water partition coefficient (Wildman–Crippen LogP) is 0.722. The molecule has 0 aliphatic heterocycles. The van der Waals surface area contributed by atoms with Gasteiger partial charge in [0.05, 0.1) is 5.56 Å². The van der Waals surface area contributed by atoms with Gasteiger partial charge in [-0.25, -0.2) is 0 Å². The van der Waals surface area contributed by atoms with Crippen LogP contribution in [0.3, 0.4) is 0 Å². The highest BCUT2D eigenvalue weighted by molar-refractivity contribution is 5.92. The minimum atomic E-state index is -0.461. The summed E-state index contributed by atoms with van der Waals surface area (Å²) in [6, 6.07) is 3.25. The third-order valence-corrected chi connectivity index (χ3v) is 2.83. The molecule has 0 saturated carbocycles. The van der Waals surface area contributed by atoms with Crippen LogP contribution in [0.15, 0.2) is 24.5 Å². The zero-order chi connectivity index (χ0) is 14.3. The van der Waals surface area contributed by atoms with Crippen molar-refractivity contribution in [1.29, 1.82) is 0 Å². The van der Waals surface area contributed by atoms with E-state index in [0.29, 0.717) is 12.1 Å². The Balaban J connectivity index is 2.66. The molecule has 0 saturated heterocycles. The van der Waals surface area contributed by atoms with Crippen molar-refractivity contribution in [3.63, 3.8) is 0 Å². The summed E-state index contributed by atoms with van der Waals surface area (Å²) in [6.45, 7) is 5.98. The van der Waals surface area contributed by atoms with Crippen molar-refractivity contribution in [2.75, 3.05) is 13.1 Å². The number of rotatable bonds is 7. The van der Waals surface area contributed by atoms with E-state index in [0.717, 1.165) is 25.9 Å². The first kappa shape index (κ1) is 15.1. The van der Waals surface area contributed by atoms with Crippen LogP contribution in [0.25, 0.3) is 0 Å². The van der Waals surface area contributed by atoms with Gasteiger partial charge in [-0.3, -0.25) is 9.59 Å². The fourth-order valence-electron chi connectivity index (χ4n) is 1.88. The maximum Gasteiger partial charge on any atom is 0.288 e. The molecule has 2 N–H and O–H groups in total. The van der Waals surface area contributed by atoms with Crippen molar-refractivity contribution in [2.24, 2.45) is 5.73 Å². The molecule has 5 heteroatoms. The number of nitrogens with two attached hydrogens (primary N) is 1. The summed E-state index contributed by atoms with van der Waals surface area (Å²) in [4.78, 5) is 24.9. The number of aromatic nitrogens is 1. The van der Waals surface area contributed by atoms with Crippen molar-refractivity contribution in [1.82, 2.24) is 4.90 Å². The lowest BCUT2D eigenvalue weighted by atomic mass is 10.2. The molecule has 5 nitrogen and oxygen atoms in total. The summed E-state index contributed by atoms with van der Waals surface area (Å²) < 4.78 is 1.76. The quantitative estimate of drug-likeness (QED) is 0.737. The second-order valence-corrected chi connectivity index (χ2v) is 4.50. The summed E-state index contributed by atoms with van der Waals surface area (Å²) in [5, 5.41) is 0. The number of hydrogen-bond donors (Lipinski definition) is 1. The summed E-state index contributed by atoms with van der Waals surface area (Å²) >= 11 is 0. The number of pyridine rings is 1. The van der Waals surface area contributed by atoms with Gasteiger partial charge in [0, 0.05) is 25.2 Å². The fraction of sp³-hybridized carbons (Fsp3) is 0.500. The maximum absolute atomic E-state index is 12.1. The first-order valence-electron chi connectivity index (χ1n) is 6.65. The van der Waals surface area contributed by atoms with E-state index in [1.54, 1.807) is 29.1 Å². The summed E-state index contributed by atoms with van der Waals surface area (Å²) in [5.74, 6) is -0.363. The standard InChI is InChI=1S/C14H21N3O2/c1-3-7-17(8-4-2)13(18)11-16-9-5-12(6-10-16)14(15)19/h5-6,9-10H,3-4,7-8,11H2,1-2H3,(H-,15,19)/p+1. The van der Waals surface area contributed by atoms with Gasteiger partial charge in [0.2, 0.25) is 12.5 Å². The Labute approximate surface area is 114 Å². The zero-order valence-corrected chi connectivity index (χ0v) is 11.6. The molecule has 0 aromatic carbocycles. The third-order valence-electron chi connectivity index (χ3n) is 2.83. The Morgan fingerprint density at radius 2 is 1.68 bits per heavy atom. The molecule has 0 radical (unpaired) electrons. The molecule has 0 aliphatic carbocycles. The summed E-state index contributed by atoms with van der Waals surface area (Å²) in [7, 11) is 0. The molecule has 0 spiro atoms. The largest absolute Gasteiger partial charge is 0.366 e. The molecule has 19 heavy (non-hydrogen) atoms. The van der Waals surface area contributed by atoms with Gasteiger partial charge in [-0.05, 0) is 12.8 Å². The van der Waals surface area contributed by atoms with Crippen LogP contribution >= 0.6 is 0 Å². The minimum Gasteiger partial charge on any atom is -0.366 e. The molecule has 0 fully saturated rings. The molecule has 2 amide bonds. The number of carbonyl (C=O) groups excluding carboxylic acids is 2. The lowest BCUT2D eigenvalue weighted by Gasteiger charge is -2.19. The molecule has 104 valence electrons. The molecule has 1 aromatic heterocycles. The van der Waals surface area contributed by atoms with Gasteiger partial charge < -0.3 is 10.6 Å². The second kappa shape index (κ2) is 7.51. The van der Waals surface area contributed by atoms with Gasteiger partial charge >= 0.3 is 0 Å². The molecule has 0 unspecified atom stereocenters. The fourth-order valence-corrected chi connectivity index (χ4v) is 1.88. The molecular formula is C14H22N3O2+. The Morgan fingerprint density at radius 1 is 1.16 bits per heavy atom. The van der Waals surface area contributed by atoms with E-state index in [1.807, 2.05) is 4.90 Å². The van der Waals surface area contributed by atoms with Crippen molar-refractivity contribution >= 4 is 11.8 Å². The van der Waals surface area contributed by atoms with Gasteiger partial charge in [0.25, 0.3) is 5.91 Å². The topological polar surface area (TPSA) is 67.3 Å². The van der Waals surface area contributed by atoms with E-state index in [-0.39, 0.29) is 5.91 Å². The van der Waals surface area contributed by atoms with Crippen LogP contribution in [-0.4, -0.2) is 29.8 Å². The van der Waals surface area contributed by atoms with E-state index in [1.165, 1.54) is 0 Å². The first-order chi connectivity index (χ1) is 9.08. The van der Waals surface area contributed by atoms with E-state index in [9.17, 15) is 9.59 Å². The number of amides is 2. The van der Waals surface area contributed by atoms with Gasteiger partial charge in [-0.1, -0.05) is 13.8 Å². The molecule has 1 aromatic rings. The van der Waals surface area contributed by atoms with Crippen LogP contribution < -0.4 is 10.3 Å². The Morgan fingerprint density at radius 3 is 2.11 bits per heavy atom. The molecule has 1 heterocycles. The number of nitrogens with zero attached hydrogens (tertiary/aromatic N) is 2. The predicted molar refractivity (Wildman–Crippen MR) is 72.3 cm³/mol. The number of hydrogen-bond acceptors (Lipinski definition) is 2. The molecule has 0 bridgehead atoms. The summed E-state index contributed by atoms with van der Waals surface area (Å²) in [6.07, 6.45) is 5.32. The average molecular weight is 264 g/mol. The highest BCUT2D eigenvalue weighted by Crippen LogP contribution is 1.97. The van der Waals surface area contributed by atoms with Gasteiger partial charge in [0.1, 0.15) is 0 Å². The normalized spacial score (nSPS) is 10.2. The van der Waals surface area contributed by atoms with E-state index >= 15 is 0 Å². The van der Waals surface area contributed by atoms with Crippen LogP contribution in [0.4, 0.5) is 0 Å². The Hall–Kier alpha value is -1.91.